The molecule has 2 aromatic rings. The van der Waals surface area contributed by atoms with E-state index in [1.54, 1.807) is 43.5 Å². The molecule has 0 saturated carbocycles. The van der Waals surface area contributed by atoms with Crippen LogP contribution in [0.5, 0.6) is 0 Å². The van der Waals surface area contributed by atoms with Crippen LogP contribution >= 0.6 is 23.8 Å². The van der Waals surface area contributed by atoms with Crippen molar-refractivity contribution in [3.63, 3.8) is 0 Å². The van der Waals surface area contributed by atoms with E-state index >= 15 is 0 Å². The maximum atomic E-state index is 11.9. The lowest BCUT2D eigenvalue weighted by atomic mass is 10.2. The van der Waals surface area contributed by atoms with E-state index in [1.165, 1.54) is 17.9 Å². The van der Waals surface area contributed by atoms with Crippen molar-refractivity contribution in [2.24, 2.45) is 0 Å². The Hall–Kier alpha value is -2.70. The van der Waals surface area contributed by atoms with Crippen LogP contribution in [0.2, 0.25) is 5.02 Å². The fraction of sp³-hybridized carbons (Fsp3) is 0.105. The summed E-state index contributed by atoms with van der Waals surface area (Å²) in [5.41, 5.74) is 2.21. The Balaban J connectivity index is 1.91. The fourth-order valence-corrected chi connectivity index (χ4v) is 2.46. The van der Waals surface area contributed by atoms with Gasteiger partial charge in [0.15, 0.2) is 5.11 Å². The molecule has 2 aromatic carbocycles. The molecular formula is C19H18ClN3O2S. The van der Waals surface area contributed by atoms with E-state index in [0.717, 1.165) is 11.3 Å². The van der Waals surface area contributed by atoms with Gasteiger partial charge in [0.1, 0.15) is 0 Å². The lowest BCUT2D eigenvalue weighted by molar-refractivity contribution is -0.116. The zero-order chi connectivity index (χ0) is 19.1. The van der Waals surface area contributed by atoms with Crippen molar-refractivity contribution in [1.82, 2.24) is 5.32 Å². The second kappa shape index (κ2) is 9.12. The first-order chi connectivity index (χ1) is 12.4. The Kier molecular flexibility index (Phi) is 6.89. The number of nitrogens with one attached hydrogen (secondary N) is 2. The summed E-state index contributed by atoms with van der Waals surface area (Å²) in [6, 6.07) is 14.3. The molecule has 2 rings (SSSR count). The van der Waals surface area contributed by atoms with Gasteiger partial charge in [0.05, 0.1) is 0 Å². The summed E-state index contributed by atoms with van der Waals surface area (Å²) < 4.78 is 0. The average Bonchev–Trinajstić information content (AvgIpc) is 2.61. The second-order valence-electron chi connectivity index (χ2n) is 5.42. The number of carbonyl (C=O) groups excluding carboxylic acids is 2. The first-order valence-electron chi connectivity index (χ1n) is 7.76. The van der Waals surface area contributed by atoms with E-state index in [1.807, 2.05) is 18.2 Å². The normalized spacial score (nSPS) is 10.4. The van der Waals surface area contributed by atoms with E-state index in [0.29, 0.717) is 10.7 Å². The van der Waals surface area contributed by atoms with Crippen molar-refractivity contribution in [2.45, 2.75) is 6.92 Å². The largest absolute Gasteiger partial charge is 0.332 e. The second-order valence-corrected chi connectivity index (χ2v) is 6.24. The summed E-state index contributed by atoms with van der Waals surface area (Å²) >= 11 is 11.2. The van der Waals surface area contributed by atoms with Crippen LogP contribution < -0.4 is 15.5 Å². The van der Waals surface area contributed by atoms with Gasteiger partial charge in [0.25, 0.3) is 0 Å². The topological polar surface area (TPSA) is 61.4 Å². The van der Waals surface area contributed by atoms with Crippen LogP contribution in [0.25, 0.3) is 6.08 Å². The number of amides is 2. The highest BCUT2D eigenvalue weighted by Gasteiger charge is 2.06. The fourth-order valence-electron chi connectivity index (χ4n) is 2.04. The maximum Gasteiger partial charge on any atom is 0.250 e. The Morgan fingerprint density at radius 2 is 1.77 bits per heavy atom. The van der Waals surface area contributed by atoms with Gasteiger partial charge in [-0.25, -0.2) is 0 Å². The molecule has 0 saturated heterocycles. The van der Waals surface area contributed by atoms with Crippen LogP contribution in [0.4, 0.5) is 11.4 Å². The molecule has 26 heavy (non-hydrogen) atoms. The molecule has 0 aromatic heterocycles. The first-order valence-corrected chi connectivity index (χ1v) is 8.54. The predicted octanol–water partition coefficient (Wildman–Crippen LogP) is 3.85. The minimum atomic E-state index is -0.365. The highest BCUT2D eigenvalue weighted by atomic mass is 35.5. The molecule has 0 aliphatic carbocycles. The van der Waals surface area contributed by atoms with Gasteiger partial charge < -0.3 is 10.2 Å². The number of nitrogens with zero attached hydrogens (tertiary/aromatic N) is 1. The summed E-state index contributed by atoms with van der Waals surface area (Å²) in [4.78, 5) is 24.8. The van der Waals surface area contributed by atoms with E-state index in [4.69, 9.17) is 23.8 Å². The third-order valence-corrected chi connectivity index (χ3v) is 4.09. The van der Waals surface area contributed by atoms with Crippen LogP contribution in [0.3, 0.4) is 0 Å². The first kappa shape index (κ1) is 19.6. The van der Waals surface area contributed by atoms with Crippen LogP contribution in [0.15, 0.2) is 54.6 Å². The molecule has 0 radical (unpaired) electrons. The van der Waals surface area contributed by atoms with Gasteiger partial charge in [-0.1, -0.05) is 29.8 Å². The maximum absolute atomic E-state index is 11.9. The monoisotopic (exact) mass is 387 g/mol. The Morgan fingerprint density at radius 3 is 2.38 bits per heavy atom. The number of benzene rings is 2. The van der Waals surface area contributed by atoms with Crippen molar-refractivity contribution in [1.29, 1.82) is 0 Å². The molecular weight excluding hydrogens is 370 g/mol. The quantitative estimate of drug-likeness (QED) is 0.618. The molecule has 0 aliphatic heterocycles. The van der Waals surface area contributed by atoms with Gasteiger partial charge in [-0.2, -0.15) is 0 Å². The lowest BCUT2D eigenvalue weighted by Crippen LogP contribution is -2.32. The standard InChI is InChI=1S/C19H18ClN3O2S/c1-13(24)23(2)16-10-8-15(9-11-16)21-19(26)22-18(25)12-7-14-5-3-4-6-17(14)20/h3-12H,1-2H3,(H2,21,22,25,26). The van der Waals surface area contributed by atoms with Crippen molar-refractivity contribution in [3.8, 4) is 0 Å². The molecule has 7 heteroatoms. The van der Waals surface area contributed by atoms with Crippen LogP contribution in [-0.4, -0.2) is 24.0 Å². The Labute approximate surface area is 162 Å². The number of thiocarbonyl (C=S) groups is 1. The Bertz CT molecular complexity index is 850. The third kappa shape index (κ3) is 5.68. The number of halogens is 1. The number of carbonyl (C=O) groups is 2. The average molecular weight is 388 g/mol. The zero-order valence-corrected chi connectivity index (χ0v) is 15.9. The number of rotatable bonds is 4. The molecule has 0 spiro atoms. The predicted molar refractivity (Wildman–Crippen MR) is 110 cm³/mol. The molecule has 0 fully saturated rings. The SMILES string of the molecule is CC(=O)N(C)c1ccc(NC(=S)NC(=O)C=Cc2ccccc2Cl)cc1. The van der Waals surface area contributed by atoms with Crippen molar-refractivity contribution in [2.75, 3.05) is 17.3 Å². The summed E-state index contributed by atoms with van der Waals surface area (Å²) in [5, 5.41) is 6.21. The summed E-state index contributed by atoms with van der Waals surface area (Å²) in [6.07, 6.45) is 2.98. The highest BCUT2D eigenvalue weighted by molar-refractivity contribution is 7.80. The molecule has 0 atom stereocenters. The van der Waals surface area contributed by atoms with E-state index in [9.17, 15) is 9.59 Å². The van der Waals surface area contributed by atoms with Gasteiger partial charge in [0, 0.05) is 36.4 Å². The number of anilines is 2. The third-order valence-electron chi connectivity index (χ3n) is 3.54. The summed E-state index contributed by atoms with van der Waals surface area (Å²) in [6.45, 7) is 1.49. The van der Waals surface area contributed by atoms with Gasteiger partial charge in [-0.05, 0) is 54.2 Å². The number of hydrogen-bond acceptors (Lipinski definition) is 3. The molecule has 2 N–H and O–H groups in total. The molecule has 0 bridgehead atoms. The van der Waals surface area contributed by atoms with E-state index in [-0.39, 0.29) is 16.9 Å². The van der Waals surface area contributed by atoms with Crippen molar-refractivity contribution >= 4 is 58.2 Å². The minimum Gasteiger partial charge on any atom is -0.332 e. The Morgan fingerprint density at radius 1 is 1.12 bits per heavy atom. The molecule has 5 nitrogen and oxygen atoms in total. The molecule has 0 heterocycles. The van der Waals surface area contributed by atoms with Crippen LogP contribution in [0.1, 0.15) is 12.5 Å². The van der Waals surface area contributed by atoms with Crippen molar-refractivity contribution in [3.05, 3.63) is 65.2 Å². The summed E-state index contributed by atoms with van der Waals surface area (Å²) in [7, 11) is 1.70. The zero-order valence-electron chi connectivity index (χ0n) is 14.3. The van der Waals surface area contributed by atoms with E-state index < -0.39 is 0 Å². The van der Waals surface area contributed by atoms with E-state index in [2.05, 4.69) is 10.6 Å². The van der Waals surface area contributed by atoms with Crippen LogP contribution in [0, 0.1) is 0 Å². The smallest absolute Gasteiger partial charge is 0.250 e. The van der Waals surface area contributed by atoms with Crippen molar-refractivity contribution < 1.29 is 9.59 Å². The molecule has 2 amide bonds. The minimum absolute atomic E-state index is 0.0567. The summed E-state index contributed by atoms with van der Waals surface area (Å²) in [5.74, 6) is -0.422. The van der Waals surface area contributed by atoms with Gasteiger partial charge in [-0.3, -0.25) is 14.9 Å². The van der Waals surface area contributed by atoms with Crippen LogP contribution in [-0.2, 0) is 9.59 Å². The van der Waals surface area contributed by atoms with Gasteiger partial charge in [-0.15, -0.1) is 0 Å². The lowest BCUT2D eigenvalue weighted by Gasteiger charge is -2.15. The number of hydrogen-bond donors (Lipinski definition) is 2. The van der Waals surface area contributed by atoms with Gasteiger partial charge >= 0.3 is 0 Å². The molecule has 134 valence electrons. The molecule has 0 aliphatic rings. The highest BCUT2D eigenvalue weighted by Crippen LogP contribution is 2.17. The molecule has 0 unspecified atom stereocenters. The van der Waals surface area contributed by atoms with Gasteiger partial charge in [0.2, 0.25) is 11.8 Å².